The molecule has 72 valence electrons. The fourth-order valence-electron chi connectivity index (χ4n) is 1.18. The van der Waals surface area contributed by atoms with E-state index in [9.17, 15) is 4.39 Å². The van der Waals surface area contributed by atoms with Gasteiger partial charge in [0, 0.05) is 18.8 Å². The van der Waals surface area contributed by atoms with Crippen LogP contribution in [0.25, 0.3) is 10.4 Å². The molecule has 0 aliphatic heterocycles. The van der Waals surface area contributed by atoms with Gasteiger partial charge in [-0.2, -0.15) is 0 Å². The average molecular weight is 208 g/mol. The molecule has 0 aliphatic rings. The predicted molar refractivity (Wildman–Crippen MR) is 57.1 cm³/mol. The number of nitrogens with zero attached hydrogens (tertiary/aromatic N) is 1. The molecule has 1 aromatic heterocycles. The molecule has 2 nitrogen and oxygen atoms in total. The third kappa shape index (κ3) is 1.61. The van der Waals surface area contributed by atoms with Crippen molar-refractivity contribution in [3.63, 3.8) is 0 Å². The van der Waals surface area contributed by atoms with Crippen LogP contribution in [-0.2, 0) is 0 Å². The molecule has 0 saturated heterocycles. The Bertz CT molecular complexity index is 439. The molecule has 0 aliphatic carbocycles. The normalized spacial score (nSPS) is 10.1. The van der Waals surface area contributed by atoms with E-state index in [1.165, 1.54) is 17.4 Å². The van der Waals surface area contributed by atoms with Crippen molar-refractivity contribution >= 4 is 16.5 Å². The van der Waals surface area contributed by atoms with Crippen molar-refractivity contribution in [1.82, 2.24) is 4.98 Å². The largest absolute Gasteiger partial charge is 0.365 e. The van der Waals surface area contributed by atoms with E-state index in [-0.39, 0.29) is 5.82 Å². The maximum atomic E-state index is 13.3. The summed E-state index contributed by atoms with van der Waals surface area (Å²) >= 11 is 1.44. The van der Waals surface area contributed by atoms with Gasteiger partial charge in [0.25, 0.3) is 0 Å². The Balaban J connectivity index is 2.44. The lowest BCUT2D eigenvalue weighted by Gasteiger charge is -1.97. The van der Waals surface area contributed by atoms with E-state index in [1.807, 2.05) is 6.07 Å². The lowest BCUT2D eigenvalue weighted by molar-refractivity contribution is 0.631. The number of rotatable bonds is 2. The van der Waals surface area contributed by atoms with E-state index < -0.39 is 0 Å². The molecule has 0 spiro atoms. The van der Waals surface area contributed by atoms with Crippen molar-refractivity contribution < 1.29 is 4.39 Å². The summed E-state index contributed by atoms with van der Waals surface area (Å²) in [6.07, 6.45) is 1.68. The molecule has 0 bridgehead atoms. The van der Waals surface area contributed by atoms with Crippen molar-refractivity contribution in [2.75, 3.05) is 12.4 Å². The van der Waals surface area contributed by atoms with Crippen LogP contribution < -0.4 is 5.32 Å². The third-order valence-electron chi connectivity index (χ3n) is 1.86. The summed E-state index contributed by atoms with van der Waals surface area (Å²) in [6.45, 7) is 0. The van der Waals surface area contributed by atoms with Gasteiger partial charge in [0.15, 0.2) is 5.13 Å². The van der Waals surface area contributed by atoms with Crippen molar-refractivity contribution in [3.8, 4) is 10.4 Å². The van der Waals surface area contributed by atoms with Crippen LogP contribution in [0.2, 0.25) is 0 Å². The van der Waals surface area contributed by atoms with E-state index in [0.29, 0.717) is 5.56 Å². The number of halogens is 1. The van der Waals surface area contributed by atoms with Gasteiger partial charge in [0.05, 0.1) is 4.88 Å². The van der Waals surface area contributed by atoms with Crippen LogP contribution in [0.15, 0.2) is 30.5 Å². The van der Waals surface area contributed by atoms with E-state index in [0.717, 1.165) is 10.0 Å². The summed E-state index contributed by atoms with van der Waals surface area (Å²) in [4.78, 5) is 4.93. The van der Waals surface area contributed by atoms with Crippen molar-refractivity contribution in [1.29, 1.82) is 0 Å². The second kappa shape index (κ2) is 3.75. The summed E-state index contributed by atoms with van der Waals surface area (Å²) in [6, 6.07) is 6.70. The SMILES string of the molecule is CNc1ncc(-c2ccccc2F)s1. The molecule has 0 fully saturated rings. The number of hydrogen-bond donors (Lipinski definition) is 1. The Hall–Kier alpha value is -1.42. The van der Waals surface area contributed by atoms with E-state index in [2.05, 4.69) is 10.3 Å². The zero-order valence-electron chi connectivity index (χ0n) is 7.62. The van der Waals surface area contributed by atoms with Crippen LogP contribution in [-0.4, -0.2) is 12.0 Å². The molecular formula is C10H9FN2S. The van der Waals surface area contributed by atoms with Crippen LogP contribution >= 0.6 is 11.3 Å². The van der Waals surface area contributed by atoms with Crippen LogP contribution in [0.4, 0.5) is 9.52 Å². The summed E-state index contributed by atoms with van der Waals surface area (Å²) in [5.41, 5.74) is 0.603. The molecule has 0 saturated carbocycles. The molecule has 1 heterocycles. The van der Waals surface area contributed by atoms with Crippen LogP contribution in [0.5, 0.6) is 0 Å². The van der Waals surface area contributed by atoms with Gasteiger partial charge < -0.3 is 5.32 Å². The number of anilines is 1. The highest BCUT2D eigenvalue weighted by molar-refractivity contribution is 7.18. The number of nitrogens with one attached hydrogen (secondary N) is 1. The van der Waals surface area contributed by atoms with Crippen molar-refractivity contribution in [2.24, 2.45) is 0 Å². The summed E-state index contributed by atoms with van der Waals surface area (Å²) in [5.74, 6) is -0.209. The molecule has 1 aromatic carbocycles. The summed E-state index contributed by atoms with van der Waals surface area (Å²) in [5, 5.41) is 3.72. The minimum Gasteiger partial charge on any atom is -0.365 e. The van der Waals surface area contributed by atoms with Gasteiger partial charge in [-0.05, 0) is 6.07 Å². The zero-order chi connectivity index (χ0) is 9.97. The highest BCUT2D eigenvalue weighted by Gasteiger charge is 2.07. The minimum absolute atomic E-state index is 0.209. The molecule has 0 radical (unpaired) electrons. The highest BCUT2D eigenvalue weighted by Crippen LogP contribution is 2.30. The quantitative estimate of drug-likeness (QED) is 0.820. The van der Waals surface area contributed by atoms with Crippen LogP contribution in [0.1, 0.15) is 0 Å². The Labute approximate surface area is 85.4 Å². The Morgan fingerprint density at radius 3 is 2.79 bits per heavy atom. The zero-order valence-corrected chi connectivity index (χ0v) is 8.44. The monoisotopic (exact) mass is 208 g/mol. The number of benzene rings is 1. The summed E-state index contributed by atoms with van der Waals surface area (Å²) in [7, 11) is 1.80. The van der Waals surface area contributed by atoms with Gasteiger partial charge in [-0.15, -0.1) is 0 Å². The Morgan fingerprint density at radius 2 is 2.14 bits per heavy atom. The van der Waals surface area contributed by atoms with E-state index >= 15 is 0 Å². The number of thiazole rings is 1. The van der Waals surface area contributed by atoms with Gasteiger partial charge in [-0.3, -0.25) is 0 Å². The number of aromatic nitrogens is 1. The third-order valence-corrected chi connectivity index (χ3v) is 2.91. The average Bonchev–Trinajstić information content (AvgIpc) is 2.67. The molecule has 1 N–H and O–H groups in total. The first-order valence-corrected chi connectivity index (χ1v) is 5.01. The molecule has 0 unspecified atom stereocenters. The van der Waals surface area contributed by atoms with Crippen molar-refractivity contribution in [3.05, 3.63) is 36.3 Å². The van der Waals surface area contributed by atoms with Gasteiger partial charge in [-0.25, -0.2) is 9.37 Å². The van der Waals surface area contributed by atoms with Gasteiger partial charge in [0.1, 0.15) is 5.82 Å². The predicted octanol–water partition coefficient (Wildman–Crippen LogP) is 2.99. The van der Waals surface area contributed by atoms with Gasteiger partial charge >= 0.3 is 0 Å². The Morgan fingerprint density at radius 1 is 1.36 bits per heavy atom. The molecule has 14 heavy (non-hydrogen) atoms. The molecule has 4 heteroatoms. The van der Waals surface area contributed by atoms with Gasteiger partial charge in [-0.1, -0.05) is 29.5 Å². The minimum atomic E-state index is -0.209. The lowest BCUT2D eigenvalue weighted by atomic mass is 10.2. The summed E-state index contributed by atoms with van der Waals surface area (Å²) < 4.78 is 13.3. The molecule has 2 rings (SSSR count). The first-order valence-electron chi connectivity index (χ1n) is 4.20. The van der Waals surface area contributed by atoms with E-state index in [1.54, 1.807) is 25.4 Å². The highest BCUT2D eigenvalue weighted by atomic mass is 32.1. The van der Waals surface area contributed by atoms with Crippen molar-refractivity contribution in [2.45, 2.75) is 0 Å². The smallest absolute Gasteiger partial charge is 0.182 e. The fourth-order valence-corrected chi connectivity index (χ4v) is 1.97. The number of hydrogen-bond acceptors (Lipinski definition) is 3. The van der Waals surface area contributed by atoms with E-state index in [4.69, 9.17) is 0 Å². The standard InChI is InChI=1S/C10H9FN2S/c1-12-10-13-6-9(14-10)7-4-2-3-5-8(7)11/h2-6H,1H3,(H,12,13). The fraction of sp³-hybridized carbons (Fsp3) is 0.100. The maximum Gasteiger partial charge on any atom is 0.182 e. The topological polar surface area (TPSA) is 24.9 Å². The lowest BCUT2D eigenvalue weighted by Crippen LogP contribution is -1.83. The molecule has 0 atom stereocenters. The van der Waals surface area contributed by atoms with Crippen LogP contribution in [0.3, 0.4) is 0 Å². The first-order chi connectivity index (χ1) is 6.81. The van der Waals surface area contributed by atoms with Crippen LogP contribution in [0, 0.1) is 5.82 Å². The Kier molecular flexibility index (Phi) is 2.45. The second-order valence-corrected chi connectivity index (χ2v) is 3.79. The first kappa shape index (κ1) is 9.15. The maximum absolute atomic E-state index is 13.3. The molecule has 2 aromatic rings. The second-order valence-electron chi connectivity index (χ2n) is 2.76. The van der Waals surface area contributed by atoms with Gasteiger partial charge in [0.2, 0.25) is 0 Å². The molecular weight excluding hydrogens is 199 g/mol. The molecule has 0 amide bonds.